The number of nitrogen functional groups attached to an aromatic ring is 1. The van der Waals surface area contributed by atoms with E-state index in [9.17, 15) is 0 Å². The number of rotatable bonds is 6. The van der Waals surface area contributed by atoms with Crippen LogP contribution in [0.1, 0.15) is 31.9 Å². The van der Waals surface area contributed by atoms with Crippen LogP contribution in [0, 0.1) is 0 Å². The van der Waals surface area contributed by atoms with Crippen LogP contribution < -0.4 is 15.8 Å². The lowest BCUT2D eigenvalue weighted by molar-refractivity contribution is 0.304. The summed E-state index contributed by atoms with van der Waals surface area (Å²) in [5.41, 5.74) is 7.59. The minimum atomic E-state index is 0.117. The Balaban J connectivity index is 2.03. The van der Waals surface area contributed by atoms with Gasteiger partial charge in [0.25, 0.3) is 0 Å². The molecule has 1 aromatic carbocycles. The van der Waals surface area contributed by atoms with Crippen LogP contribution in [0.15, 0.2) is 36.7 Å². The van der Waals surface area contributed by atoms with E-state index in [1.54, 1.807) is 12.4 Å². The Bertz CT molecular complexity index is 542. The Morgan fingerprint density at radius 1 is 1.25 bits per heavy atom. The van der Waals surface area contributed by atoms with Crippen molar-refractivity contribution in [3.63, 3.8) is 0 Å². The van der Waals surface area contributed by atoms with Crippen molar-refractivity contribution in [1.82, 2.24) is 9.97 Å². The number of nitrogens with two attached hydrogens (primary N) is 1. The third-order valence-electron chi connectivity index (χ3n) is 2.87. The van der Waals surface area contributed by atoms with Gasteiger partial charge in [-0.15, -0.1) is 0 Å². The lowest BCUT2D eigenvalue weighted by atomic mass is 10.1. The van der Waals surface area contributed by atoms with Crippen LogP contribution in [0.3, 0.4) is 0 Å². The maximum absolute atomic E-state index is 5.69. The van der Waals surface area contributed by atoms with Crippen molar-refractivity contribution in [2.24, 2.45) is 0 Å². The standard InChI is InChI=1S/C15H20N4O/c1-3-8-20-15-10-17-9-14(19-15)18-11(2)12-4-6-13(16)7-5-12/h4-7,9-11H,3,8,16H2,1-2H3,(H,18,19). The van der Waals surface area contributed by atoms with Crippen LogP contribution >= 0.6 is 0 Å². The fourth-order valence-corrected chi connectivity index (χ4v) is 1.78. The molecule has 0 aliphatic carbocycles. The minimum absolute atomic E-state index is 0.117. The zero-order chi connectivity index (χ0) is 14.4. The van der Waals surface area contributed by atoms with Crippen molar-refractivity contribution < 1.29 is 4.74 Å². The number of benzene rings is 1. The highest BCUT2D eigenvalue weighted by molar-refractivity contribution is 5.43. The average molecular weight is 272 g/mol. The summed E-state index contributed by atoms with van der Waals surface area (Å²) in [5.74, 6) is 1.24. The van der Waals surface area contributed by atoms with E-state index in [4.69, 9.17) is 10.5 Å². The molecular weight excluding hydrogens is 252 g/mol. The maximum Gasteiger partial charge on any atom is 0.234 e. The number of hydrogen-bond acceptors (Lipinski definition) is 5. The molecule has 0 radical (unpaired) electrons. The summed E-state index contributed by atoms with van der Waals surface area (Å²) < 4.78 is 5.47. The first-order valence-corrected chi connectivity index (χ1v) is 6.76. The molecule has 1 aromatic heterocycles. The van der Waals surface area contributed by atoms with E-state index >= 15 is 0 Å². The number of ether oxygens (including phenoxy) is 1. The number of nitrogens with one attached hydrogen (secondary N) is 1. The summed E-state index contributed by atoms with van der Waals surface area (Å²) in [4.78, 5) is 8.50. The van der Waals surface area contributed by atoms with E-state index in [1.807, 2.05) is 24.3 Å². The van der Waals surface area contributed by atoms with Gasteiger partial charge in [0.1, 0.15) is 5.82 Å². The highest BCUT2D eigenvalue weighted by Crippen LogP contribution is 2.19. The monoisotopic (exact) mass is 272 g/mol. The summed E-state index contributed by atoms with van der Waals surface area (Å²) in [5, 5.41) is 3.30. The van der Waals surface area contributed by atoms with Crippen LogP contribution in [0.4, 0.5) is 11.5 Å². The smallest absolute Gasteiger partial charge is 0.234 e. The van der Waals surface area contributed by atoms with Gasteiger partial charge in [0, 0.05) is 11.7 Å². The third-order valence-corrected chi connectivity index (χ3v) is 2.87. The maximum atomic E-state index is 5.69. The van der Waals surface area contributed by atoms with E-state index < -0.39 is 0 Å². The second-order valence-corrected chi connectivity index (χ2v) is 4.62. The molecular formula is C15H20N4O. The van der Waals surface area contributed by atoms with Crippen molar-refractivity contribution in [2.75, 3.05) is 17.7 Å². The Labute approximate surface area is 119 Å². The van der Waals surface area contributed by atoms with Crippen LogP contribution in [0.2, 0.25) is 0 Å². The van der Waals surface area contributed by atoms with Gasteiger partial charge >= 0.3 is 0 Å². The van der Waals surface area contributed by atoms with Crippen LogP contribution in [-0.2, 0) is 0 Å². The second-order valence-electron chi connectivity index (χ2n) is 4.62. The molecule has 106 valence electrons. The molecule has 0 amide bonds. The van der Waals surface area contributed by atoms with E-state index in [2.05, 4.69) is 29.1 Å². The van der Waals surface area contributed by atoms with Crippen molar-refractivity contribution in [3.8, 4) is 5.88 Å². The van der Waals surface area contributed by atoms with Crippen molar-refractivity contribution in [1.29, 1.82) is 0 Å². The summed E-state index contributed by atoms with van der Waals surface area (Å²) >= 11 is 0. The molecule has 0 saturated carbocycles. The molecule has 0 spiro atoms. The van der Waals surface area contributed by atoms with Gasteiger partial charge in [0.2, 0.25) is 5.88 Å². The van der Waals surface area contributed by atoms with Crippen molar-refractivity contribution in [2.45, 2.75) is 26.3 Å². The molecule has 20 heavy (non-hydrogen) atoms. The molecule has 5 heteroatoms. The zero-order valence-corrected chi connectivity index (χ0v) is 11.8. The number of aromatic nitrogens is 2. The molecule has 0 fully saturated rings. The van der Waals surface area contributed by atoms with E-state index in [0.717, 1.165) is 17.7 Å². The molecule has 2 rings (SSSR count). The molecule has 2 aromatic rings. The molecule has 0 aliphatic rings. The second kappa shape index (κ2) is 6.75. The van der Waals surface area contributed by atoms with Gasteiger partial charge in [-0.05, 0) is 31.0 Å². The molecule has 0 saturated heterocycles. The van der Waals surface area contributed by atoms with Crippen molar-refractivity contribution in [3.05, 3.63) is 42.2 Å². The average Bonchev–Trinajstić information content (AvgIpc) is 2.46. The first-order chi connectivity index (χ1) is 9.69. The van der Waals surface area contributed by atoms with E-state index in [0.29, 0.717) is 18.3 Å². The Kier molecular flexibility index (Phi) is 4.76. The molecule has 1 heterocycles. The number of hydrogen-bond donors (Lipinski definition) is 2. The Hall–Kier alpha value is -2.30. The van der Waals surface area contributed by atoms with E-state index in [1.165, 1.54) is 0 Å². The van der Waals surface area contributed by atoms with Crippen LogP contribution in [-0.4, -0.2) is 16.6 Å². The molecule has 1 atom stereocenters. The fraction of sp³-hybridized carbons (Fsp3) is 0.333. The van der Waals surface area contributed by atoms with Gasteiger partial charge in [-0.3, -0.25) is 4.98 Å². The summed E-state index contributed by atoms with van der Waals surface area (Å²) in [6.45, 7) is 4.76. The number of nitrogens with zero attached hydrogens (tertiary/aromatic N) is 2. The summed E-state index contributed by atoms with van der Waals surface area (Å²) in [6.07, 6.45) is 4.25. The quantitative estimate of drug-likeness (QED) is 0.791. The molecule has 1 unspecified atom stereocenters. The minimum Gasteiger partial charge on any atom is -0.477 e. The predicted octanol–water partition coefficient (Wildman–Crippen LogP) is 3.02. The Morgan fingerprint density at radius 2 is 2.00 bits per heavy atom. The predicted molar refractivity (Wildman–Crippen MR) is 80.7 cm³/mol. The highest BCUT2D eigenvalue weighted by Gasteiger charge is 2.07. The lowest BCUT2D eigenvalue weighted by Crippen LogP contribution is -2.09. The zero-order valence-electron chi connectivity index (χ0n) is 11.8. The third kappa shape index (κ3) is 3.85. The molecule has 0 aliphatic heterocycles. The number of anilines is 2. The van der Waals surface area contributed by atoms with Crippen molar-refractivity contribution >= 4 is 11.5 Å². The SMILES string of the molecule is CCCOc1cncc(NC(C)c2ccc(N)cc2)n1. The molecule has 0 bridgehead atoms. The largest absolute Gasteiger partial charge is 0.477 e. The summed E-state index contributed by atoms with van der Waals surface area (Å²) in [6, 6.07) is 7.89. The van der Waals surface area contributed by atoms with E-state index in [-0.39, 0.29) is 6.04 Å². The first-order valence-electron chi connectivity index (χ1n) is 6.76. The molecule has 5 nitrogen and oxygen atoms in total. The van der Waals surface area contributed by atoms with Gasteiger partial charge in [0.15, 0.2) is 0 Å². The van der Waals surface area contributed by atoms with Gasteiger partial charge in [-0.25, -0.2) is 0 Å². The Morgan fingerprint density at radius 3 is 2.70 bits per heavy atom. The van der Waals surface area contributed by atoms with Crippen LogP contribution in [0.5, 0.6) is 5.88 Å². The van der Waals surface area contributed by atoms with Gasteiger partial charge < -0.3 is 15.8 Å². The topological polar surface area (TPSA) is 73.1 Å². The van der Waals surface area contributed by atoms with Gasteiger partial charge in [-0.2, -0.15) is 4.98 Å². The lowest BCUT2D eigenvalue weighted by Gasteiger charge is -2.15. The normalized spacial score (nSPS) is 11.9. The van der Waals surface area contributed by atoms with Gasteiger partial charge in [-0.1, -0.05) is 19.1 Å². The molecule has 3 N–H and O–H groups in total. The fourth-order valence-electron chi connectivity index (χ4n) is 1.78. The van der Waals surface area contributed by atoms with Crippen LogP contribution in [0.25, 0.3) is 0 Å². The first kappa shape index (κ1) is 14.1. The highest BCUT2D eigenvalue weighted by atomic mass is 16.5. The summed E-state index contributed by atoms with van der Waals surface area (Å²) in [7, 11) is 0. The van der Waals surface area contributed by atoms with Gasteiger partial charge in [0.05, 0.1) is 19.0 Å².